The second-order valence-electron chi connectivity index (χ2n) is 12.1. The number of nitrogens with zero attached hydrogens (tertiary/aromatic N) is 1. The molecular weight excluding hydrogens is 458 g/mol. The number of hydrogen-bond donors (Lipinski definition) is 5. The molecule has 5 saturated carbocycles. The zero-order valence-electron chi connectivity index (χ0n) is 21.2. The fourth-order valence-electron chi connectivity index (χ4n) is 11.0. The molecule has 1 spiro atoms. The van der Waals surface area contributed by atoms with Crippen molar-refractivity contribution in [3.63, 3.8) is 0 Å². The molecule has 0 aromatic carbocycles. The van der Waals surface area contributed by atoms with E-state index in [-0.39, 0.29) is 18.4 Å². The molecule has 1 heterocycles. The lowest BCUT2D eigenvalue weighted by Gasteiger charge is -2.70. The maximum Gasteiger partial charge on any atom is 0.120 e. The van der Waals surface area contributed by atoms with Gasteiger partial charge in [-0.2, -0.15) is 0 Å². The van der Waals surface area contributed by atoms with Crippen LogP contribution in [0.15, 0.2) is 0 Å². The van der Waals surface area contributed by atoms with Gasteiger partial charge in [0.1, 0.15) is 23.4 Å². The van der Waals surface area contributed by atoms with Crippen LogP contribution < -0.4 is 0 Å². The molecule has 0 aromatic rings. The second kappa shape index (κ2) is 7.59. The Bertz CT molecular complexity index is 878. The van der Waals surface area contributed by atoms with Crippen molar-refractivity contribution in [2.24, 2.45) is 34.5 Å². The summed E-state index contributed by atoms with van der Waals surface area (Å²) < 4.78 is 23.7. The molecule has 1 unspecified atom stereocenters. The summed E-state index contributed by atoms with van der Waals surface area (Å²) in [6, 6.07) is -0.240. The number of rotatable bonds is 6. The summed E-state index contributed by atoms with van der Waals surface area (Å²) in [5, 5.41) is 59.3. The molecule has 35 heavy (non-hydrogen) atoms. The number of fused-ring (bicyclic) bond motifs is 2. The Kier molecular flexibility index (Phi) is 5.40. The third kappa shape index (κ3) is 2.35. The molecular formula is C25H41NO9. The Balaban J connectivity index is 1.68. The molecule has 15 atom stereocenters. The van der Waals surface area contributed by atoms with Crippen molar-refractivity contribution in [3.05, 3.63) is 0 Å². The van der Waals surface area contributed by atoms with Gasteiger partial charge in [0.05, 0.1) is 31.0 Å². The number of likely N-dealkylation sites (tertiary alicyclic amines) is 1. The summed E-state index contributed by atoms with van der Waals surface area (Å²) in [6.45, 7) is 3.58. The summed E-state index contributed by atoms with van der Waals surface area (Å²) in [4.78, 5) is 2.29. The van der Waals surface area contributed by atoms with E-state index in [1.165, 1.54) is 7.11 Å². The quantitative estimate of drug-likeness (QED) is 0.285. The van der Waals surface area contributed by atoms with E-state index < -0.39 is 76.4 Å². The first-order chi connectivity index (χ1) is 16.6. The van der Waals surface area contributed by atoms with Crippen LogP contribution in [-0.2, 0) is 18.9 Å². The Morgan fingerprint density at radius 1 is 0.943 bits per heavy atom. The van der Waals surface area contributed by atoms with Crippen LogP contribution in [0, 0.1) is 34.5 Å². The number of hydrogen-bond acceptors (Lipinski definition) is 10. The van der Waals surface area contributed by atoms with E-state index in [1.54, 1.807) is 21.3 Å². The van der Waals surface area contributed by atoms with Gasteiger partial charge in [-0.3, -0.25) is 4.90 Å². The first-order valence-corrected chi connectivity index (χ1v) is 12.9. The highest BCUT2D eigenvalue weighted by Gasteiger charge is 2.90. The molecule has 0 amide bonds. The highest BCUT2D eigenvalue weighted by Crippen LogP contribution is 2.79. The molecule has 6 rings (SSSR count). The van der Waals surface area contributed by atoms with Crippen LogP contribution in [0.1, 0.15) is 19.8 Å². The van der Waals surface area contributed by atoms with Gasteiger partial charge in [-0.25, -0.2) is 0 Å². The molecule has 6 fully saturated rings. The Morgan fingerprint density at radius 3 is 2.23 bits per heavy atom. The lowest BCUT2D eigenvalue weighted by molar-refractivity contribution is -0.320. The fraction of sp³-hybridized carbons (Fsp3) is 1.00. The average Bonchev–Trinajstić information content (AvgIpc) is 3.19. The maximum absolute atomic E-state index is 12.6. The number of ether oxygens (including phenoxy) is 4. The maximum atomic E-state index is 12.6. The van der Waals surface area contributed by atoms with E-state index in [9.17, 15) is 25.5 Å². The number of aliphatic hydroxyl groups is 5. The topological polar surface area (TPSA) is 141 Å². The summed E-state index contributed by atoms with van der Waals surface area (Å²) in [5.74, 6) is -2.04. The van der Waals surface area contributed by atoms with Gasteiger partial charge in [-0.15, -0.1) is 0 Å². The monoisotopic (exact) mass is 499 g/mol. The molecule has 0 aromatic heterocycles. The predicted octanol–water partition coefficient (Wildman–Crippen LogP) is -1.79. The minimum absolute atomic E-state index is 0.156. The zero-order chi connectivity index (χ0) is 25.3. The summed E-state index contributed by atoms with van der Waals surface area (Å²) in [5.41, 5.74) is -4.81. The van der Waals surface area contributed by atoms with Crippen molar-refractivity contribution in [2.75, 3.05) is 48.1 Å². The number of piperidine rings is 1. The number of aliphatic hydroxyl groups excluding tert-OH is 3. The normalized spacial score (nSPS) is 62.4. The van der Waals surface area contributed by atoms with E-state index in [0.29, 0.717) is 26.1 Å². The van der Waals surface area contributed by atoms with Crippen molar-refractivity contribution in [1.82, 2.24) is 4.90 Å². The standard InChI is InChI=1S/C25H41NO9/c1-6-26-9-22(10-32-2)12(27)7-13(33-3)24-11-8-23(30)19(28)14(11)25(31,20(29)21(23)35-5)15(18(24)26)16(34-4)17(22)24/h11-21,27-31H,6-10H2,1-5H3/t11-,12-,13+,14-,15?,16+,17-,18-,19-,20+,21+,22+,23+,24+,25-/m1/s1. The summed E-state index contributed by atoms with van der Waals surface area (Å²) in [7, 11) is 6.29. The average molecular weight is 500 g/mol. The lowest BCUT2D eigenvalue weighted by atomic mass is 9.42. The Labute approximate surface area is 206 Å². The molecule has 1 aliphatic heterocycles. The minimum Gasteiger partial charge on any atom is -0.392 e. The molecule has 5 aliphatic carbocycles. The van der Waals surface area contributed by atoms with Gasteiger partial charge >= 0.3 is 0 Å². The second-order valence-corrected chi connectivity index (χ2v) is 12.1. The zero-order valence-corrected chi connectivity index (χ0v) is 21.2. The van der Waals surface area contributed by atoms with Crippen LogP contribution >= 0.6 is 0 Å². The number of methoxy groups -OCH3 is 4. The third-order valence-corrected chi connectivity index (χ3v) is 11.7. The van der Waals surface area contributed by atoms with E-state index in [2.05, 4.69) is 11.8 Å². The van der Waals surface area contributed by atoms with E-state index in [4.69, 9.17) is 18.9 Å². The van der Waals surface area contributed by atoms with Crippen LogP contribution in [0.2, 0.25) is 0 Å². The lowest BCUT2D eigenvalue weighted by Crippen LogP contribution is -2.81. The molecule has 5 N–H and O–H groups in total. The predicted molar refractivity (Wildman–Crippen MR) is 121 cm³/mol. The molecule has 7 bridgehead atoms. The fourth-order valence-corrected chi connectivity index (χ4v) is 11.0. The van der Waals surface area contributed by atoms with Crippen LogP contribution in [0.25, 0.3) is 0 Å². The van der Waals surface area contributed by atoms with Crippen molar-refractivity contribution in [3.8, 4) is 0 Å². The third-order valence-electron chi connectivity index (χ3n) is 11.7. The molecule has 0 radical (unpaired) electrons. The molecule has 10 nitrogen and oxygen atoms in total. The molecule has 200 valence electrons. The van der Waals surface area contributed by atoms with Gasteiger partial charge in [0, 0.05) is 76.0 Å². The van der Waals surface area contributed by atoms with Crippen molar-refractivity contribution < 1.29 is 44.5 Å². The van der Waals surface area contributed by atoms with E-state index in [0.717, 1.165) is 0 Å². The SMILES string of the molecule is CCN1C[C@]2(COC)[C@H](O)C[C@H](OC)[C@@]34[C@@H]5C[C@]6(O)[C@H](O)[C@@H]5[C@@](O)(C([C@H](OC)[C@H]23)[C@@H]14)[C@@H](O)[C@@H]6OC. The van der Waals surface area contributed by atoms with Gasteiger partial charge in [-0.1, -0.05) is 6.92 Å². The van der Waals surface area contributed by atoms with Gasteiger partial charge in [-0.05, 0) is 18.9 Å². The van der Waals surface area contributed by atoms with Crippen molar-refractivity contribution in [1.29, 1.82) is 0 Å². The highest BCUT2D eigenvalue weighted by molar-refractivity contribution is 5.39. The van der Waals surface area contributed by atoms with Crippen LogP contribution in [-0.4, -0.2) is 132 Å². The first-order valence-electron chi connectivity index (χ1n) is 12.9. The van der Waals surface area contributed by atoms with Gasteiger partial charge in [0.25, 0.3) is 0 Å². The van der Waals surface area contributed by atoms with E-state index in [1.807, 2.05) is 0 Å². The van der Waals surface area contributed by atoms with Gasteiger partial charge < -0.3 is 44.5 Å². The van der Waals surface area contributed by atoms with Crippen LogP contribution in [0.3, 0.4) is 0 Å². The Morgan fingerprint density at radius 2 is 1.66 bits per heavy atom. The molecule has 6 aliphatic rings. The smallest absolute Gasteiger partial charge is 0.120 e. The van der Waals surface area contributed by atoms with E-state index >= 15 is 0 Å². The van der Waals surface area contributed by atoms with Crippen LogP contribution in [0.5, 0.6) is 0 Å². The van der Waals surface area contributed by atoms with Crippen molar-refractivity contribution >= 4 is 0 Å². The summed E-state index contributed by atoms with van der Waals surface area (Å²) in [6.07, 6.45) is -4.95. The highest BCUT2D eigenvalue weighted by atomic mass is 16.5. The van der Waals surface area contributed by atoms with Gasteiger partial charge in [0.2, 0.25) is 0 Å². The largest absolute Gasteiger partial charge is 0.392 e. The van der Waals surface area contributed by atoms with Crippen molar-refractivity contribution in [2.45, 2.75) is 73.6 Å². The molecule has 10 heteroatoms. The first kappa shape index (κ1) is 24.9. The summed E-state index contributed by atoms with van der Waals surface area (Å²) >= 11 is 0. The minimum atomic E-state index is -1.76. The van der Waals surface area contributed by atoms with Gasteiger partial charge in [0.15, 0.2) is 0 Å². The van der Waals surface area contributed by atoms with Crippen LogP contribution in [0.4, 0.5) is 0 Å². The Hall–Kier alpha value is -0.400. The molecule has 1 saturated heterocycles.